The molecule has 0 aliphatic carbocycles. The Morgan fingerprint density at radius 3 is 1.48 bits per heavy atom. The van der Waals surface area contributed by atoms with Gasteiger partial charge in [0, 0.05) is 0 Å². The number of carbonyl (C=O) groups is 2. The summed E-state index contributed by atoms with van der Waals surface area (Å²) in [5.41, 5.74) is 6.10. The third-order valence-corrected chi connectivity index (χ3v) is 12.5. The van der Waals surface area contributed by atoms with E-state index in [1.165, 1.54) is 0 Å². The van der Waals surface area contributed by atoms with Gasteiger partial charge in [0.2, 0.25) is 0 Å². The molecule has 0 aliphatic rings. The zero-order valence-electron chi connectivity index (χ0n) is 19.0. The molecule has 0 heterocycles. The molecular formula is C24H42NO3P. The molecular weight excluding hydrogens is 381 g/mol. The molecule has 0 radical (unpaired) electrons. The van der Waals surface area contributed by atoms with Crippen LogP contribution in [0.15, 0.2) is 24.3 Å². The monoisotopic (exact) mass is 423 g/mol. The quantitative estimate of drug-likeness (QED) is 0.323. The van der Waals surface area contributed by atoms with Crippen LogP contribution in [0.1, 0.15) is 99.8 Å². The van der Waals surface area contributed by atoms with Crippen molar-refractivity contribution < 1.29 is 14.1 Å². The molecule has 0 saturated heterocycles. The fourth-order valence-corrected chi connectivity index (χ4v) is 11.0. The zero-order chi connectivity index (χ0) is 21.8. The molecule has 0 fully saturated rings. The summed E-state index contributed by atoms with van der Waals surface area (Å²) in [5, 5.41) is 0. The van der Waals surface area contributed by atoms with Gasteiger partial charge in [0.25, 0.3) is 0 Å². The average molecular weight is 424 g/mol. The molecule has 166 valence electrons. The van der Waals surface area contributed by atoms with Crippen molar-refractivity contribution in [1.29, 1.82) is 0 Å². The zero-order valence-corrected chi connectivity index (χ0v) is 19.9. The molecule has 0 bridgehead atoms. The molecule has 0 unspecified atom stereocenters. The summed E-state index contributed by atoms with van der Waals surface area (Å²) in [6.45, 7) is 6.08. The Morgan fingerprint density at radius 1 is 0.759 bits per heavy atom. The number of hydrogen-bond donors (Lipinski definition) is 1. The minimum absolute atomic E-state index is 0.256. The van der Waals surface area contributed by atoms with Gasteiger partial charge in [0.15, 0.2) is 0 Å². The predicted molar refractivity (Wildman–Crippen MR) is 126 cm³/mol. The minimum atomic E-state index is -2.74. The van der Waals surface area contributed by atoms with Gasteiger partial charge in [-0.25, -0.2) is 0 Å². The van der Waals surface area contributed by atoms with E-state index >= 15 is 0 Å². The van der Waals surface area contributed by atoms with Crippen LogP contribution in [0.5, 0.6) is 0 Å². The van der Waals surface area contributed by atoms with Crippen molar-refractivity contribution >= 4 is 18.7 Å². The first-order valence-electron chi connectivity index (χ1n) is 11.5. The van der Waals surface area contributed by atoms with E-state index in [9.17, 15) is 9.59 Å². The standard InChI is InChI=1S/C24H42NO3P/c1-5-9-17-29(18-10-6-2,19-11-7-3,20-12-8-4)28-24(27)22-16-14-13-15-21(22)23(25)26/h13-16H,5-12,17-20H2,1-4H3,(H2,25,26). The molecule has 0 aromatic heterocycles. The summed E-state index contributed by atoms with van der Waals surface area (Å²) in [6, 6.07) is 6.80. The second-order valence-corrected chi connectivity index (χ2v) is 14.1. The van der Waals surface area contributed by atoms with E-state index in [0.29, 0.717) is 5.56 Å². The first-order chi connectivity index (χ1) is 13.9. The number of rotatable bonds is 15. The molecule has 1 aromatic rings. The van der Waals surface area contributed by atoms with Gasteiger partial charge < -0.3 is 0 Å². The van der Waals surface area contributed by atoms with Crippen LogP contribution in [-0.2, 0) is 4.52 Å². The summed E-state index contributed by atoms with van der Waals surface area (Å²) in [7, 11) is 0. The van der Waals surface area contributed by atoms with Gasteiger partial charge in [-0.15, -0.1) is 0 Å². The molecule has 0 saturated carbocycles. The molecule has 0 spiro atoms. The first-order valence-corrected chi connectivity index (χ1v) is 14.4. The maximum absolute atomic E-state index is 13.4. The van der Waals surface area contributed by atoms with Crippen LogP contribution in [0, 0.1) is 0 Å². The Hall–Kier alpha value is -1.41. The molecule has 1 rings (SSSR count). The van der Waals surface area contributed by atoms with Crippen molar-refractivity contribution in [3.05, 3.63) is 35.4 Å². The van der Waals surface area contributed by atoms with Crippen LogP contribution in [0.2, 0.25) is 0 Å². The van der Waals surface area contributed by atoms with Crippen LogP contribution in [-0.4, -0.2) is 36.5 Å². The van der Waals surface area contributed by atoms with Crippen LogP contribution in [0.4, 0.5) is 0 Å². The molecule has 1 aromatic carbocycles. The van der Waals surface area contributed by atoms with Gasteiger partial charge in [0.05, 0.1) is 0 Å². The van der Waals surface area contributed by atoms with Gasteiger partial charge in [0.1, 0.15) is 0 Å². The van der Waals surface area contributed by atoms with Crippen molar-refractivity contribution in [2.45, 2.75) is 79.1 Å². The number of unbranched alkanes of at least 4 members (excludes halogenated alkanes) is 4. The van der Waals surface area contributed by atoms with Crippen LogP contribution < -0.4 is 5.73 Å². The second kappa shape index (κ2) is 12.3. The molecule has 0 atom stereocenters. The Kier molecular flexibility index (Phi) is 10.9. The number of benzene rings is 1. The van der Waals surface area contributed by atoms with Crippen molar-refractivity contribution in [3.8, 4) is 0 Å². The topological polar surface area (TPSA) is 69.4 Å². The summed E-state index contributed by atoms with van der Waals surface area (Å²) in [6.07, 6.45) is 12.7. The third kappa shape index (κ3) is 7.10. The summed E-state index contributed by atoms with van der Waals surface area (Å²) >= 11 is 0. The van der Waals surface area contributed by atoms with Gasteiger partial charge in [-0.05, 0) is 0 Å². The Balaban J connectivity index is 3.45. The predicted octanol–water partition coefficient (Wildman–Crippen LogP) is 6.61. The van der Waals surface area contributed by atoms with E-state index in [2.05, 4.69) is 27.7 Å². The fraction of sp³-hybridized carbons (Fsp3) is 0.667. The molecule has 2 N–H and O–H groups in total. The number of amides is 1. The summed E-state index contributed by atoms with van der Waals surface area (Å²) in [4.78, 5) is 25.3. The molecule has 1 amide bonds. The van der Waals surface area contributed by atoms with Crippen molar-refractivity contribution in [1.82, 2.24) is 0 Å². The van der Waals surface area contributed by atoms with Crippen molar-refractivity contribution in [2.24, 2.45) is 5.73 Å². The van der Waals surface area contributed by atoms with Crippen LogP contribution in [0.25, 0.3) is 0 Å². The van der Waals surface area contributed by atoms with E-state index in [1.54, 1.807) is 24.3 Å². The molecule has 5 heteroatoms. The normalized spacial score (nSPS) is 12.9. The number of hydrogen-bond acceptors (Lipinski definition) is 3. The Bertz CT molecular complexity index is 616. The van der Waals surface area contributed by atoms with E-state index in [4.69, 9.17) is 10.3 Å². The number of primary amides is 1. The summed E-state index contributed by atoms with van der Waals surface area (Å²) in [5.74, 6) is -0.932. The van der Waals surface area contributed by atoms with Crippen LogP contribution in [0.3, 0.4) is 0 Å². The van der Waals surface area contributed by atoms with Gasteiger partial charge in [-0.1, -0.05) is 0 Å². The van der Waals surface area contributed by atoms with Gasteiger partial charge in [-0.3, -0.25) is 0 Å². The van der Waals surface area contributed by atoms with E-state index in [0.717, 1.165) is 76.0 Å². The molecule has 4 nitrogen and oxygen atoms in total. The number of carbonyl (C=O) groups excluding carboxylic acids is 2. The Morgan fingerprint density at radius 2 is 1.14 bits per heavy atom. The second-order valence-electron chi connectivity index (χ2n) is 8.46. The van der Waals surface area contributed by atoms with E-state index < -0.39 is 12.7 Å². The van der Waals surface area contributed by atoms with Gasteiger partial charge in [-0.2, -0.15) is 0 Å². The molecule has 29 heavy (non-hydrogen) atoms. The van der Waals surface area contributed by atoms with E-state index in [1.807, 2.05) is 0 Å². The van der Waals surface area contributed by atoms with Crippen LogP contribution >= 0.6 is 6.83 Å². The average Bonchev–Trinajstić information content (AvgIpc) is 2.74. The van der Waals surface area contributed by atoms with Crippen molar-refractivity contribution in [2.75, 3.05) is 24.6 Å². The first kappa shape index (κ1) is 25.6. The maximum atomic E-state index is 13.4. The van der Waals surface area contributed by atoms with Gasteiger partial charge >= 0.3 is 178 Å². The van der Waals surface area contributed by atoms with E-state index in [-0.39, 0.29) is 11.5 Å². The fourth-order valence-electron chi connectivity index (χ4n) is 4.25. The molecule has 0 aliphatic heterocycles. The van der Waals surface area contributed by atoms with Crippen molar-refractivity contribution in [3.63, 3.8) is 0 Å². The summed E-state index contributed by atoms with van der Waals surface area (Å²) < 4.78 is 6.69. The SMILES string of the molecule is CCCCP(CCCC)(CCCC)(CCCC)OC(=O)c1ccccc1C(N)=O. The third-order valence-electron chi connectivity index (χ3n) is 6.06. The Labute approximate surface area is 178 Å². The number of nitrogens with two attached hydrogens (primary N) is 1.